The average molecular weight is 315 g/mol. The van der Waals surface area contributed by atoms with Gasteiger partial charge in [-0.15, -0.1) is 0 Å². The summed E-state index contributed by atoms with van der Waals surface area (Å²) in [6.45, 7) is 4.90. The van der Waals surface area contributed by atoms with Crippen molar-refractivity contribution in [1.82, 2.24) is 15.2 Å². The standard InChI is InChI=1S/C11H15BrN4S/c1-3-16-10(4-7(2)15-16)11(14-13)8-5-17-6-9(8)12/h4-6,11,14H,3,13H2,1-2H3. The molecular weight excluding hydrogens is 300 g/mol. The molecule has 2 heterocycles. The first-order chi connectivity index (χ1) is 8.17. The number of thiophene rings is 1. The molecule has 3 N–H and O–H groups in total. The number of aryl methyl sites for hydroxylation is 2. The summed E-state index contributed by atoms with van der Waals surface area (Å²) < 4.78 is 3.05. The Morgan fingerprint density at radius 3 is 2.88 bits per heavy atom. The number of nitrogens with two attached hydrogens (primary N) is 1. The third kappa shape index (κ3) is 2.44. The van der Waals surface area contributed by atoms with E-state index in [1.54, 1.807) is 11.3 Å². The Kier molecular flexibility index (Phi) is 3.98. The van der Waals surface area contributed by atoms with Gasteiger partial charge in [-0.3, -0.25) is 10.5 Å². The zero-order chi connectivity index (χ0) is 12.4. The summed E-state index contributed by atoms with van der Waals surface area (Å²) in [6.07, 6.45) is 0. The van der Waals surface area contributed by atoms with Gasteiger partial charge in [0.15, 0.2) is 0 Å². The fourth-order valence-electron chi connectivity index (χ4n) is 1.88. The van der Waals surface area contributed by atoms with Crippen LogP contribution in [0.1, 0.15) is 29.9 Å². The van der Waals surface area contributed by atoms with Gasteiger partial charge in [0.2, 0.25) is 0 Å². The Morgan fingerprint density at radius 2 is 2.35 bits per heavy atom. The quantitative estimate of drug-likeness (QED) is 0.673. The third-order valence-electron chi connectivity index (χ3n) is 2.65. The molecule has 0 bridgehead atoms. The molecular formula is C11H15BrN4S. The van der Waals surface area contributed by atoms with Crippen molar-refractivity contribution >= 4 is 27.3 Å². The zero-order valence-corrected chi connectivity index (χ0v) is 12.2. The first-order valence-corrected chi connectivity index (χ1v) is 7.13. The summed E-state index contributed by atoms with van der Waals surface area (Å²) in [5.41, 5.74) is 6.11. The van der Waals surface area contributed by atoms with Gasteiger partial charge in [0.25, 0.3) is 0 Å². The highest BCUT2D eigenvalue weighted by Gasteiger charge is 2.20. The van der Waals surface area contributed by atoms with Crippen LogP contribution in [-0.2, 0) is 6.54 Å². The van der Waals surface area contributed by atoms with Crippen molar-refractivity contribution in [1.29, 1.82) is 0 Å². The molecule has 92 valence electrons. The maximum absolute atomic E-state index is 5.69. The number of hydrogen-bond donors (Lipinski definition) is 2. The third-order valence-corrected chi connectivity index (χ3v) is 4.40. The lowest BCUT2D eigenvalue weighted by Crippen LogP contribution is -2.30. The number of hydrogen-bond acceptors (Lipinski definition) is 4. The summed E-state index contributed by atoms with van der Waals surface area (Å²) in [6, 6.07) is 2.04. The molecule has 2 aromatic heterocycles. The highest BCUT2D eigenvalue weighted by Crippen LogP contribution is 2.31. The Balaban J connectivity index is 2.45. The van der Waals surface area contributed by atoms with E-state index in [1.807, 2.05) is 11.6 Å². The molecule has 2 aromatic rings. The minimum Gasteiger partial charge on any atom is -0.271 e. The van der Waals surface area contributed by atoms with E-state index in [9.17, 15) is 0 Å². The van der Waals surface area contributed by atoms with Crippen LogP contribution in [-0.4, -0.2) is 9.78 Å². The van der Waals surface area contributed by atoms with Gasteiger partial charge < -0.3 is 0 Å². The van der Waals surface area contributed by atoms with Crippen LogP contribution in [0.2, 0.25) is 0 Å². The predicted octanol–water partition coefficient (Wildman–Crippen LogP) is 2.59. The van der Waals surface area contributed by atoms with E-state index in [0.29, 0.717) is 0 Å². The van der Waals surface area contributed by atoms with Gasteiger partial charge in [0.1, 0.15) is 0 Å². The predicted molar refractivity (Wildman–Crippen MR) is 73.8 cm³/mol. The number of nitrogens with zero attached hydrogens (tertiary/aromatic N) is 2. The van der Waals surface area contributed by atoms with Crippen LogP contribution in [0.3, 0.4) is 0 Å². The van der Waals surface area contributed by atoms with Crippen molar-refractivity contribution in [3.63, 3.8) is 0 Å². The summed E-state index contributed by atoms with van der Waals surface area (Å²) in [5.74, 6) is 5.69. The van der Waals surface area contributed by atoms with Crippen molar-refractivity contribution in [2.45, 2.75) is 26.4 Å². The molecule has 0 aliphatic heterocycles. The molecule has 0 aromatic carbocycles. The van der Waals surface area contributed by atoms with E-state index >= 15 is 0 Å². The van der Waals surface area contributed by atoms with E-state index in [1.165, 1.54) is 0 Å². The van der Waals surface area contributed by atoms with Crippen LogP contribution in [0.15, 0.2) is 21.3 Å². The number of hydrazine groups is 1. The van der Waals surface area contributed by atoms with Crippen LogP contribution < -0.4 is 11.3 Å². The number of rotatable bonds is 4. The van der Waals surface area contributed by atoms with Gasteiger partial charge in [-0.1, -0.05) is 0 Å². The molecule has 0 saturated carbocycles. The Bertz CT molecular complexity index is 505. The first kappa shape index (κ1) is 12.8. The molecule has 0 amide bonds. The van der Waals surface area contributed by atoms with E-state index in [-0.39, 0.29) is 6.04 Å². The number of aromatic nitrogens is 2. The highest BCUT2D eigenvalue weighted by molar-refractivity contribution is 9.10. The minimum absolute atomic E-state index is 0.0308. The lowest BCUT2D eigenvalue weighted by atomic mass is 10.1. The van der Waals surface area contributed by atoms with E-state index in [4.69, 9.17) is 5.84 Å². The van der Waals surface area contributed by atoms with E-state index in [0.717, 1.165) is 28.0 Å². The lowest BCUT2D eigenvalue weighted by molar-refractivity contribution is 0.542. The SMILES string of the molecule is CCn1nc(C)cc1C(NN)c1cscc1Br. The zero-order valence-electron chi connectivity index (χ0n) is 9.77. The second-order valence-electron chi connectivity index (χ2n) is 3.80. The summed E-state index contributed by atoms with van der Waals surface area (Å²) in [7, 11) is 0. The molecule has 1 atom stereocenters. The summed E-state index contributed by atoms with van der Waals surface area (Å²) >= 11 is 5.20. The highest BCUT2D eigenvalue weighted by atomic mass is 79.9. The van der Waals surface area contributed by atoms with E-state index < -0.39 is 0 Å². The molecule has 0 radical (unpaired) electrons. The molecule has 0 aliphatic carbocycles. The Labute approximate surface area is 113 Å². The van der Waals surface area contributed by atoms with Gasteiger partial charge in [0.05, 0.1) is 17.4 Å². The molecule has 6 heteroatoms. The van der Waals surface area contributed by atoms with Crippen molar-refractivity contribution in [3.05, 3.63) is 38.3 Å². The maximum Gasteiger partial charge on any atom is 0.0897 e. The van der Waals surface area contributed by atoms with Crippen LogP contribution in [0.4, 0.5) is 0 Å². The molecule has 17 heavy (non-hydrogen) atoms. The normalized spacial score (nSPS) is 12.9. The monoisotopic (exact) mass is 314 g/mol. The Hall–Kier alpha value is -0.690. The molecule has 0 saturated heterocycles. The smallest absolute Gasteiger partial charge is 0.0897 e. The first-order valence-electron chi connectivity index (χ1n) is 5.39. The van der Waals surface area contributed by atoms with Crippen LogP contribution in [0.5, 0.6) is 0 Å². The molecule has 4 nitrogen and oxygen atoms in total. The number of halogens is 1. The Morgan fingerprint density at radius 1 is 1.59 bits per heavy atom. The van der Waals surface area contributed by atoms with Crippen LogP contribution in [0.25, 0.3) is 0 Å². The fourth-order valence-corrected chi connectivity index (χ4v) is 3.43. The molecule has 0 aliphatic rings. The molecule has 0 spiro atoms. The summed E-state index contributed by atoms with van der Waals surface area (Å²) in [5, 5.41) is 8.60. The second kappa shape index (κ2) is 5.30. The van der Waals surface area contributed by atoms with Gasteiger partial charge in [0, 0.05) is 22.0 Å². The molecule has 2 rings (SSSR count). The van der Waals surface area contributed by atoms with Crippen molar-refractivity contribution < 1.29 is 0 Å². The summed E-state index contributed by atoms with van der Waals surface area (Å²) in [4.78, 5) is 0. The minimum atomic E-state index is -0.0308. The maximum atomic E-state index is 5.69. The second-order valence-corrected chi connectivity index (χ2v) is 5.40. The lowest BCUT2D eigenvalue weighted by Gasteiger charge is -2.16. The molecule has 0 fully saturated rings. The average Bonchev–Trinajstić information content (AvgIpc) is 2.88. The largest absolute Gasteiger partial charge is 0.271 e. The van der Waals surface area contributed by atoms with Gasteiger partial charge in [-0.05, 0) is 41.2 Å². The van der Waals surface area contributed by atoms with E-state index in [2.05, 4.69) is 50.2 Å². The fraction of sp³-hybridized carbons (Fsp3) is 0.364. The molecule has 1 unspecified atom stereocenters. The number of nitrogens with one attached hydrogen (secondary N) is 1. The van der Waals surface area contributed by atoms with Crippen LogP contribution >= 0.6 is 27.3 Å². The van der Waals surface area contributed by atoms with Crippen LogP contribution in [0, 0.1) is 6.92 Å². The van der Waals surface area contributed by atoms with Crippen molar-refractivity contribution in [2.75, 3.05) is 0 Å². The van der Waals surface area contributed by atoms with Crippen molar-refractivity contribution in [3.8, 4) is 0 Å². The topological polar surface area (TPSA) is 55.9 Å². The van der Waals surface area contributed by atoms with Crippen molar-refractivity contribution in [2.24, 2.45) is 5.84 Å². The van der Waals surface area contributed by atoms with Gasteiger partial charge in [-0.2, -0.15) is 16.4 Å². The van der Waals surface area contributed by atoms with Gasteiger partial charge in [-0.25, -0.2) is 5.43 Å². The van der Waals surface area contributed by atoms with Gasteiger partial charge >= 0.3 is 0 Å².